The Balaban J connectivity index is 1.79. The molecular weight excluding hydrogens is 268 g/mol. The van der Waals surface area contributed by atoms with E-state index in [1.807, 2.05) is 36.4 Å². The third-order valence-electron chi connectivity index (χ3n) is 3.55. The van der Waals surface area contributed by atoms with Gasteiger partial charge in [0.25, 0.3) is 5.69 Å². The van der Waals surface area contributed by atoms with E-state index in [0.717, 1.165) is 16.8 Å². The molecule has 0 unspecified atom stereocenters. The predicted molar refractivity (Wildman–Crippen MR) is 80.9 cm³/mol. The molecule has 0 heterocycles. The van der Waals surface area contributed by atoms with Crippen molar-refractivity contribution in [1.82, 2.24) is 0 Å². The molecule has 0 saturated heterocycles. The molecule has 0 aromatic heterocycles. The van der Waals surface area contributed by atoms with Crippen LogP contribution in [0.25, 0.3) is 6.08 Å². The molecular formula is C16H14N2O3. The number of fused-ring (bicyclic) bond motifs is 1. The SMILES string of the molecule is O=[N+]([O-])c1ccc(N[C@@H]2C=Cc3ccccc3[C@H]2O)cc1. The highest BCUT2D eigenvalue weighted by Gasteiger charge is 2.23. The second-order valence-corrected chi connectivity index (χ2v) is 4.91. The number of rotatable bonds is 3. The molecule has 2 aromatic carbocycles. The van der Waals surface area contributed by atoms with Crippen LogP contribution in [0, 0.1) is 10.1 Å². The molecule has 0 fully saturated rings. The number of nitrogens with one attached hydrogen (secondary N) is 1. The van der Waals surface area contributed by atoms with Crippen LogP contribution >= 0.6 is 0 Å². The lowest BCUT2D eigenvalue weighted by Crippen LogP contribution is -2.27. The summed E-state index contributed by atoms with van der Waals surface area (Å²) in [6, 6.07) is 13.6. The summed E-state index contributed by atoms with van der Waals surface area (Å²) in [5.41, 5.74) is 2.66. The Bertz CT molecular complexity index is 695. The zero-order valence-corrected chi connectivity index (χ0v) is 11.1. The zero-order valence-electron chi connectivity index (χ0n) is 11.1. The topological polar surface area (TPSA) is 75.4 Å². The predicted octanol–water partition coefficient (Wildman–Crippen LogP) is 3.14. The summed E-state index contributed by atoms with van der Waals surface area (Å²) in [6.45, 7) is 0. The number of nitro benzene ring substituents is 1. The van der Waals surface area contributed by atoms with E-state index in [1.165, 1.54) is 12.1 Å². The van der Waals surface area contributed by atoms with Crippen molar-refractivity contribution in [3.63, 3.8) is 0 Å². The fourth-order valence-corrected chi connectivity index (χ4v) is 2.44. The monoisotopic (exact) mass is 282 g/mol. The number of benzene rings is 2. The maximum absolute atomic E-state index is 10.6. The van der Waals surface area contributed by atoms with E-state index in [-0.39, 0.29) is 11.7 Å². The smallest absolute Gasteiger partial charge is 0.269 e. The maximum atomic E-state index is 10.6. The molecule has 1 aliphatic carbocycles. The Labute approximate surface area is 121 Å². The Morgan fingerprint density at radius 1 is 1.10 bits per heavy atom. The average molecular weight is 282 g/mol. The summed E-state index contributed by atoms with van der Waals surface area (Å²) in [6.07, 6.45) is 3.21. The standard InChI is InChI=1S/C16H14N2O3/c19-16-14-4-2-1-3-11(14)5-10-15(16)17-12-6-8-13(9-7-12)18(20)21/h1-10,15-17,19H/t15-,16-/m1/s1. The lowest BCUT2D eigenvalue weighted by Gasteiger charge is -2.27. The third kappa shape index (κ3) is 2.64. The molecule has 2 N–H and O–H groups in total. The molecule has 106 valence electrons. The average Bonchev–Trinajstić information content (AvgIpc) is 2.51. The molecule has 1 aliphatic rings. The molecule has 0 bridgehead atoms. The molecule has 0 saturated carbocycles. The van der Waals surface area contributed by atoms with Crippen molar-refractivity contribution in [3.05, 3.63) is 75.8 Å². The van der Waals surface area contributed by atoms with Crippen molar-refractivity contribution in [2.75, 3.05) is 5.32 Å². The van der Waals surface area contributed by atoms with Gasteiger partial charge in [-0.3, -0.25) is 10.1 Å². The van der Waals surface area contributed by atoms with Gasteiger partial charge in [0.1, 0.15) is 6.10 Å². The van der Waals surface area contributed by atoms with Gasteiger partial charge in [0.2, 0.25) is 0 Å². The highest BCUT2D eigenvalue weighted by atomic mass is 16.6. The molecule has 21 heavy (non-hydrogen) atoms. The minimum atomic E-state index is -0.651. The van der Waals surface area contributed by atoms with Crippen LogP contribution in [0.3, 0.4) is 0 Å². The molecule has 5 nitrogen and oxygen atoms in total. The summed E-state index contributed by atoms with van der Waals surface area (Å²) in [5.74, 6) is 0. The number of nitro groups is 1. The molecule has 2 aromatic rings. The first-order chi connectivity index (χ1) is 10.1. The minimum Gasteiger partial charge on any atom is -0.386 e. The van der Waals surface area contributed by atoms with E-state index < -0.39 is 11.0 Å². The molecule has 0 radical (unpaired) electrons. The molecule has 0 aliphatic heterocycles. The first kappa shape index (κ1) is 13.3. The van der Waals surface area contributed by atoms with E-state index in [4.69, 9.17) is 0 Å². The van der Waals surface area contributed by atoms with Crippen LogP contribution < -0.4 is 5.32 Å². The largest absolute Gasteiger partial charge is 0.386 e. The first-order valence-electron chi connectivity index (χ1n) is 6.61. The van der Waals surface area contributed by atoms with E-state index in [2.05, 4.69) is 5.32 Å². The summed E-state index contributed by atoms with van der Waals surface area (Å²) >= 11 is 0. The van der Waals surface area contributed by atoms with Crippen LogP contribution in [0.15, 0.2) is 54.6 Å². The van der Waals surface area contributed by atoms with E-state index in [9.17, 15) is 15.2 Å². The highest BCUT2D eigenvalue weighted by molar-refractivity contribution is 5.61. The van der Waals surface area contributed by atoms with Crippen molar-refractivity contribution in [2.45, 2.75) is 12.1 Å². The van der Waals surface area contributed by atoms with Gasteiger partial charge < -0.3 is 10.4 Å². The fourth-order valence-electron chi connectivity index (χ4n) is 2.44. The van der Waals surface area contributed by atoms with Crippen molar-refractivity contribution < 1.29 is 10.0 Å². The van der Waals surface area contributed by atoms with Crippen LogP contribution in [0.4, 0.5) is 11.4 Å². The van der Waals surface area contributed by atoms with Gasteiger partial charge >= 0.3 is 0 Å². The molecule has 0 spiro atoms. The molecule has 0 amide bonds. The van der Waals surface area contributed by atoms with Gasteiger partial charge in [-0.2, -0.15) is 0 Å². The Morgan fingerprint density at radius 3 is 2.52 bits per heavy atom. The minimum absolute atomic E-state index is 0.0469. The van der Waals surface area contributed by atoms with Crippen LogP contribution in [-0.2, 0) is 0 Å². The lowest BCUT2D eigenvalue weighted by atomic mass is 9.91. The Kier molecular flexibility index (Phi) is 3.41. The number of hydrogen-bond donors (Lipinski definition) is 2. The normalized spacial score (nSPS) is 19.9. The number of nitrogens with zero attached hydrogens (tertiary/aromatic N) is 1. The van der Waals surface area contributed by atoms with Crippen LogP contribution in [0.1, 0.15) is 17.2 Å². The number of non-ortho nitro benzene ring substituents is 1. The van der Waals surface area contributed by atoms with Gasteiger partial charge in [0, 0.05) is 17.8 Å². The van der Waals surface area contributed by atoms with Crippen molar-refractivity contribution in [1.29, 1.82) is 0 Å². The summed E-state index contributed by atoms with van der Waals surface area (Å²) < 4.78 is 0. The molecule has 5 heteroatoms. The fraction of sp³-hybridized carbons (Fsp3) is 0.125. The van der Waals surface area contributed by atoms with Crippen LogP contribution in [-0.4, -0.2) is 16.1 Å². The number of hydrogen-bond acceptors (Lipinski definition) is 4. The summed E-state index contributed by atoms with van der Waals surface area (Å²) in [7, 11) is 0. The second kappa shape index (κ2) is 5.38. The number of aliphatic hydroxyl groups excluding tert-OH is 1. The van der Waals surface area contributed by atoms with Gasteiger partial charge in [-0.05, 0) is 23.3 Å². The van der Waals surface area contributed by atoms with Gasteiger partial charge in [-0.25, -0.2) is 0 Å². The maximum Gasteiger partial charge on any atom is 0.269 e. The number of aliphatic hydroxyl groups is 1. The first-order valence-corrected chi connectivity index (χ1v) is 6.61. The lowest BCUT2D eigenvalue weighted by molar-refractivity contribution is -0.384. The van der Waals surface area contributed by atoms with Crippen molar-refractivity contribution in [3.8, 4) is 0 Å². The van der Waals surface area contributed by atoms with Crippen molar-refractivity contribution >= 4 is 17.5 Å². The number of anilines is 1. The van der Waals surface area contributed by atoms with E-state index in [0.29, 0.717) is 0 Å². The summed E-state index contributed by atoms with van der Waals surface area (Å²) in [5, 5.41) is 24.2. The van der Waals surface area contributed by atoms with E-state index in [1.54, 1.807) is 12.1 Å². The molecule has 3 rings (SSSR count). The zero-order chi connectivity index (χ0) is 14.8. The van der Waals surface area contributed by atoms with Crippen LogP contribution in [0.2, 0.25) is 0 Å². The Hall–Kier alpha value is -2.66. The van der Waals surface area contributed by atoms with E-state index >= 15 is 0 Å². The van der Waals surface area contributed by atoms with Gasteiger partial charge in [-0.15, -0.1) is 0 Å². The highest BCUT2D eigenvalue weighted by Crippen LogP contribution is 2.30. The van der Waals surface area contributed by atoms with Gasteiger partial charge in [-0.1, -0.05) is 36.4 Å². The quantitative estimate of drug-likeness (QED) is 0.670. The van der Waals surface area contributed by atoms with Crippen molar-refractivity contribution in [2.24, 2.45) is 0 Å². The Morgan fingerprint density at radius 2 is 1.81 bits per heavy atom. The third-order valence-corrected chi connectivity index (χ3v) is 3.55. The summed E-state index contributed by atoms with van der Waals surface area (Å²) in [4.78, 5) is 10.2. The van der Waals surface area contributed by atoms with Gasteiger partial charge in [0.15, 0.2) is 0 Å². The van der Waals surface area contributed by atoms with Gasteiger partial charge in [0.05, 0.1) is 11.0 Å². The second-order valence-electron chi connectivity index (χ2n) is 4.91. The molecule has 2 atom stereocenters. The van der Waals surface area contributed by atoms with Crippen LogP contribution in [0.5, 0.6) is 0 Å².